The van der Waals surface area contributed by atoms with Crippen LogP contribution in [-0.2, 0) is 26.3 Å². The molecule has 1 aliphatic heterocycles. The van der Waals surface area contributed by atoms with E-state index in [1.165, 1.54) is 6.07 Å². The number of rotatable bonds is 4. The fourth-order valence-corrected chi connectivity index (χ4v) is 4.80. The highest BCUT2D eigenvalue weighted by molar-refractivity contribution is 8.02. The Bertz CT molecular complexity index is 860. The molecule has 1 aromatic carbocycles. The van der Waals surface area contributed by atoms with Gasteiger partial charge < -0.3 is 5.73 Å². The van der Waals surface area contributed by atoms with Gasteiger partial charge in [-0.05, 0) is 53.9 Å². The lowest BCUT2D eigenvalue weighted by Gasteiger charge is -2.41. The molecule has 7 heteroatoms. The number of hydrogen-bond acceptors (Lipinski definition) is 4. The maximum absolute atomic E-state index is 14.5. The zero-order chi connectivity index (χ0) is 19.2. The van der Waals surface area contributed by atoms with E-state index in [9.17, 15) is 17.8 Å². The molecule has 2 N–H and O–H groups in total. The Morgan fingerprint density at radius 3 is 2.48 bits per heavy atom. The van der Waals surface area contributed by atoms with Crippen molar-refractivity contribution in [1.29, 1.82) is 0 Å². The summed E-state index contributed by atoms with van der Waals surface area (Å²) in [5.41, 5.74) is 4.98. The van der Waals surface area contributed by atoms with Crippen LogP contribution in [0.2, 0.25) is 0 Å². The van der Waals surface area contributed by atoms with Crippen molar-refractivity contribution in [3.05, 3.63) is 34.9 Å². The van der Waals surface area contributed by atoms with E-state index in [2.05, 4.69) is 10.9 Å². The topological polar surface area (TPSA) is 72.5 Å². The normalized spacial score (nSPS) is 28.5. The number of aliphatic imine (C=N–C) groups is 1. The van der Waals surface area contributed by atoms with E-state index in [0.29, 0.717) is 12.0 Å². The van der Waals surface area contributed by atoms with Crippen LogP contribution in [0.1, 0.15) is 45.2 Å². The van der Waals surface area contributed by atoms with Crippen LogP contribution in [0.5, 0.6) is 0 Å². The van der Waals surface area contributed by atoms with Crippen LogP contribution >= 0.6 is 0 Å². The van der Waals surface area contributed by atoms with Gasteiger partial charge in [0, 0.05) is 24.2 Å². The molecule has 1 heterocycles. The summed E-state index contributed by atoms with van der Waals surface area (Å²) in [6.45, 7) is 6.61. The second-order valence-electron chi connectivity index (χ2n) is 7.25. The highest BCUT2D eigenvalue weighted by atomic mass is 32.2. The third-order valence-electron chi connectivity index (χ3n) is 4.89. The van der Waals surface area contributed by atoms with Crippen molar-refractivity contribution in [3.63, 3.8) is 0 Å². The third-order valence-corrected chi connectivity index (χ3v) is 7.99. The highest BCUT2D eigenvalue weighted by Crippen LogP contribution is 2.38. The Labute approximate surface area is 147 Å². The number of amidine groups is 1. The number of carbonyl (C=O) groups is 1. The van der Waals surface area contributed by atoms with Crippen molar-refractivity contribution in [3.8, 4) is 0 Å². The van der Waals surface area contributed by atoms with Gasteiger partial charge in [-0.1, -0.05) is 6.92 Å². The summed E-state index contributed by atoms with van der Waals surface area (Å²) in [6, 6.07) is 2.42. The Balaban J connectivity index is 2.65. The van der Waals surface area contributed by atoms with Gasteiger partial charge in [-0.2, -0.15) is 0 Å². The van der Waals surface area contributed by atoms with Gasteiger partial charge in [0.15, 0.2) is 11.6 Å². The molecular weight excluding hydrogens is 346 g/mol. The van der Waals surface area contributed by atoms with Crippen molar-refractivity contribution in [1.82, 2.24) is 0 Å². The molecule has 0 bridgehead atoms. The first-order valence-corrected chi connectivity index (χ1v) is 9.94. The summed E-state index contributed by atoms with van der Waals surface area (Å²) >= 11 is 0. The van der Waals surface area contributed by atoms with Gasteiger partial charge in [-0.15, -0.1) is 0 Å². The molecule has 4 nitrogen and oxygen atoms in total. The Morgan fingerprint density at radius 1 is 1.36 bits per heavy atom. The van der Waals surface area contributed by atoms with E-state index in [1.54, 1.807) is 27.7 Å². The summed E-state index contributed by atoms with van der Waals surface area (Å²) in [5.74, 6) is 1.60. The molecule has 1 unspecified atom stereocenters. The predicted octanol–water partition coefficient (Wildman–Crippen LogP) is 2.57. The zero-order valence-electron chi connectivity index (χ0n) is 15.0. The van der Waals surface area contributed by atoms with E-state index >= 15 is 0 Å². The molecule has 0 aromatic heterocycles. The number of halogens is 2. The molecule has 1 aliphatic rings. The Kier molecular flexibility index (Phi) is 4.85. The molecule has 25 heavy (non-hydrogen) atoms. The quantitative estimate of drug-likeness (QED) is 0.828. The van der Waals surface area contributed by atoms with Crippen molar-refractivity contribution in [2.24, 2.45) is 10.7 Å². The smallest absolute Gasteiger partial charge is 0.164 e. The van der Waals surface area contributed by atoms with Gasteiger partial charge in [0.1, 0.15) is 11.6 Å². The summed E-state index contributed by atoms with van der Waals surface area (Å²) in [4.78, 5) is 16.0. The molecule has 0 aliphatic carbocycles. The summed E-state index contributed by atoms with van der Waals surface area (Å²) < 4.78 is 40.7. The monoisotopic (exact) mass is 370 g/mol. The predicted molar refractivity (Wildman–Crippen MR) is 98.5 cm³/mol. The van der Waals surface area contributed by atoms with E-state index in [1.807, 2.05) is 0 Å². The lowest BCUT2D eigenvalue weighted by Crippen LogP contribution is -2.54. The first-order valence-electron chi connectivity index (χ1n) is 8.04. The lowest BCUT2D eigenvalue weighted by molar-refractivity contribution is -0.118. The van der Waals surface area contributed by atoms with Crippen LogP contribution in [0.3, 0.4) is 0 Å². The lowest BCUT2D eigenvalue weighted by atomic mass is 9.90. The Hall–Kier alpha value is -1.76. The van der Waals surface area contributed by atoms with Crippen molar-refractivity contribution < 1.29 is 17.8 Å². The molecule has 2 rings (SSSR count). The van der Waals surface area contributed by atoms with Crippen LogP contribution in [0, 0.1) is 11.6 Å². The highest BCUT2D eigenvalue weighted by Gasteiger charge is 2.46. The molecule has 1 aromatic rings. The zero-order valence-corrected chi connectivity index (χ0v) is 15.8. The van der Waals surface area contributed by atoms with E-state index in [0.717, 1.165) is 6.07 Å². The molecule has 0 saturated carbocycles. The van der Waals surface area contributed by atoms with Gasteiger partial charge >= 0.3 is 0 Å². The van der Waals surface area contributed by atoms with E-state index < -0.39 is 31.4 Å². The largest absolute Gasteiger partial charge is 0.386 e. The van der Waals surface area contributed by atoms with Gasteiger partial charge in [0.05, 0.1) is 10.3 Å². The fourth-order valence-electron chi connectivity index (χ4n) is 2.89. The molecule has 0 saturated heterocycles. The van der Waals surface area contributed by atoms with Crippen molar-refractivity contribution >= 4 is 27.0 Å². The second kappa shape index (κ2) is 6.20. The van der Waals surface area contributed by atoms with Crippen LogP contribution in [0.25, 0.3) is 0 Å². The van der Waals surface area contributed by atoms with Crippen LogP contribution in [0.15, 0.2) is 17.1 Å². The Morgan fingerprint density at radius 2 is 1.96 bits per heavy atom. The first kappa shape index (κ1) is 19.6. The number of nitrogens with two attached hydrogens (primary N) is 1. The van der Waals surface area contributed by atoms with Crippen molar-refractivity contribution in [2.45, 2.75) is 50.8 Å². The average molecular weight is 370 g/mol. The van der Waals surface area contributed by atoms with Crippen molar-refractivity contribution in [2.75, 3.05) is 5.75 Å². The van der Waals surface area contributed by atoms with Crippen LogP contribution in [-0.4, -0.2) is 32.2 Å². The molecule has 0 fully saturated rings. The maximum atomic E-state index is 14.5. The van der Waals surface area contributed by atoms with Gasteiger partial charge in [-0.25, -0.2) is 8.78 Å². The summed E-state index contributed by atoms with van der Waals surface area (Å²) in [5, 5.41) is 0. The minimum absolute atomic E-state index is 0.00121. The number of carbonyl (C=O) groups excluding carboxylic acids is 1. The minimum atomic E-state index is -2.75. The van der Waals surface area contributed by atoms with Gasteiger partial charge in [0.25, 0.3) is 0 Å². The van der Waals surface area contributed by atoms with Gasteiger partial charge in [-0.3, -0.25) is 14.0 Å². The number of ketones is 1. The molecule has 2 atom stereocenters. The molecule has 0 spiro atoms. The second-order valence-corrected chi connectivity index (χ2v) is 10.2. The summed E-state index contributed by atoms with van der Waals surface area (Å²) in [6.07, 6.45) is 0.304. The number of hydrogen-bond donors (Lipinski definition) is 1. The molecule has 0 radical (unpaired) electrons. The van der Waals surface area contributed by atoms with Gasteiger partial charge in [0.2, 0.25) is 0 Å². The average Bonchev–Trinajstić information content (AvgIpc) is 2.48. The molecule has 0 amide bonds. The minimum Gasteiger partial charge on any atom is -0.386 e. The first-order chi connectivity index (χ1) is 11.3. The third kappa shape index (κ3) is 3.34. The SMILES string of the molecule is C=S1(=O)C[C@@](C)(c2cc(CC(=O)CC)cc(F)c2F)N=C(N)C1(C)C. The molecular formula is C18H24F2N2O2S. The molecule has 138 valence electrons. The van der Waals surface area contributed by atoms with Crippen LogP contribution in [0.4, 0.5) is 8.78 Å². The van der Waals surface area contributed by atoms with E-state index in [-0.39, 0.29) is 29.4 Å². The standard InChI is InChI=1S/C18H24F2N2O2S/c1-6-12(23)7-11-8-13(15(20)14(19)9-11)18(4)10-25(5,24)17(2,3)16(21)22-18/h8-9H,5-7,10H2,1-4H3,(H2,21,22)/t18-,25?/m0/s1. The number of nitrogens with zero attached hydrogens (tertiary/aromatic N) is 1. The number of benzene rings is 1. The fraction of sp³-hybridized carbons (Fsp3) is 0.500. The van der Waals surface area contributed by atoms with E-state index in [4.69, 9.17) is 5.73 Å². The summed E-state index contributed by atoms with van der Waals surface area (Å²) in [7, 11) is -2.75. The maximum Gasteiger partial charge on any atom is 0.164 e. The number of Topliss-reactive ketones (excluding diaryl/α,β-unsaturated/α-hetero) is 1. The van der Waals surface area contributed by atoms with Crippen LogP contribution < -0.4 is 5.73 Å².